The topological polar surface area (TPSA) is 79.3 Å². The fourth-order valence-electron chi connectivity index (χ4n) is 1.74. The molecule has 0 radical (unpaired) electrons. The summed E-state index contributed by atoms with van der Waals surface area (Å²) in [6.45, 7) is 4.25. The second-order valence-corrected chi connectivity index (χ2v) is 5.42. The molecule has 1 aromatic rings. The highest BCUT2D eigenvalue weighted by Crippen LogP contribution is 2.26. The van der Waals surface area contributed by atoms with E-state index in [4.69, 9.17) is 5.11 Å². The molecule has 1 amide bonds. The molecule has 2 N–H and O–H groups in total. The minimum atomic E-state index is -0.832. The van der Waals surface area contributed by atoms with E-state index in [9.17, 15) is 14.0 Å². The normalized spacial score (nSPS) is 11.2. The van der Waals surface area contributed by atoms with Crippen LogP contribution in [0.2, 0.25) is 0 Å². The van der Waals surface area contributed by atoms with E-state index in [0.717, 1.165) is 6.20 Å². The lowest BCUT2D eigenvalue weighted by Gasteiger charge is -2.23. The van der Waals surface area contributed by atoms with Gasteiger partial charge in [-0.3, -0.25) is 14.6 Å². The number of nitrogens with one attached hydrogen (secondary N) is 1. The van der Waals surface area contributed by atoms with Crippen LogP contribution in [0.15, 0.2) is 18.5 Å². The highest BCUT2D eigenvalue weighted by Gasteiger charge is 2.19. The van der Waals surface area contributed by atoms with Gasteiger partial charge in [-0.05, 0) is 24.3 Å². The second kappa shape index (κ2) is 6.98. The molecule has 6 heteroatoms. The van der Waals surface area contributed by atoms with Gasteiger partial charge in [-0.25, -0.2) is 4.39 Å². The second-order valence-electron chi connectivity index (χ2n) is 5.42. The van der Waals surface area contributed by atoms with Crippen LogP contribution in [0.4, 0.5) is 4.39 Å². The number of hydrogen-bond donors (Lipinski definition) is 2. The Morgan fingerprint density at radius 3 is 2.70 bits per heavy atom. The smallest absolute Gasteiger partial charge is 0.303 e. The van der Waals surface area contributed by atoms with Gasteiger partial charge in [0.15, 0.2) is 5.82 Å². The van der Waals surface area contributed by atoms with E-state index in [2.05, 4.69) is 10.3 Å². The predicted octanol–water partition coefficient (Wildman–Crippen LogP) is 2.23. The van der Waals surface area contributed by atoms with E-state index in [1.807, 2.05) is 13.8 Å². The first-order valence-corrected chi connectivity index (χ1v) is 6.41. The van der Waals surface area contributed by atoms with Gasteiger partial charge in [0.05, 0.1) is 11.8 Å². The summed E-state index contributed by atoms with van der Waals surface area (Å²) in [5, 5.41) is 11.3. The number of hydrogen-bond acceptors (Lipinski definition) is 3. The highest BCUT2D eigenvalue weighted by atomic mass is 19.1. The van der Waals surface area contributed by atoms with E-state index < -0.39 is 17.7 Å². The summed E-state index contributed by atoms with van der Waals surface area (Å²) in [7, 11) is 0. The lowest BCUT2D eigenvalue weighted by Crippen LogP contribution is -2.29. The molecule has 0 aliphatic rings. The standard InChI is InChI=1S/C14H19FN2O3/c1-14(2,5-3-12(18)19)6-8-17-13(20)10-4-7-16-9-11(10)15/h4,7,9H,3,5-6,8H2,1-2H3,(H,17,20)(H,18,19). The van der Waals surface area contributed by atoms with Gasteiger partial charge in [0.25, 0.3) is 5.91 Å². The van der Waals surface area contributed by atoms with Gasteiger partial charge in [0, 0.05) is 19.2 Å². The lowest BCUT2D eigenvalue weighted by molar-refractivity contribution is -0.137. The minimum Gasteiger partial charge on any atom is -0.481 e. The maximum absolute atomic E-state index is 13.3. The fraction of sp³-hybridized carbons (Fsp3) is 0.500. The number of nitrogens with zero attached hydrogens (tertiary/aromatic N) is 1. The van der Waals surface area contributed by atoms with E-state index in [1.165, 1.54) is 12.3 Å². The average Bonchev–Trinajstić information content (AvgIpc) is 2.37. The van der Waals surface area contributed by atoms with Crippen LogP contribution in [-0.2, 0) is 4.79 Å². The number of rotatable bonds is 7. The van der Waals surface area contributed by atoms with E-state index in [-0.39, 0.29) is 17.4 Å². The summed E-state index contributed by atoms with van der Waals surface area (Å²) in [6, 6.07) is 1.32. The van der Waals surface area contributed by atoms with Crippen molar-refractivity contribution in [2.24, 2.45) is 5.41 Å². The van der Waals surface area contributed by atoms with Crippen LogP contribution in [-0.4, -0.2) is 28.5 Å². The third-order valence-electron chi connectivity index (χ3n) is 3.12. The SMILES string of the molecule is CC(C)(CCNC(=O)c1ccncc1F)CCC(=O)O. The van der Waals surface area contributed by atoms with Gasteiger partial charge < -0.3 is 10.4 Å². The molecular formula is C14H19FN2O3. The van der Waals surface area contributed by atoms with Gasteiger partial charge in [0.1, 0.15) is 0 Å². The van der Waals surface area contributed by atoms with Crippen molar-refractivity contribution in [1.29, 1.82) is 0 Å². The number of aliphatic carboxylic acids is 1. The van der Waals surface area contributed by atoms with Gasteiger partial charge in [-0.2, -0.15) is 0 Å². The molecule has 5 nitrogen and oxygen atoms in total. The van der Waals surface area contributed by atoms with Crippen LogP contribution < -0.4 is 5.32 Å². The molecule has 1 heterocycles. The number of halogens is 1. The van der Waals surface area contributed by atoms with Crippen molar-refractivity contribution in [1.82, 2.24) is 10.3 Å². The molecule has 0 aliphatic carbocycles. The summed E-state index contributed by atoms with van der Waals surface area (Å²) >= 11 is 0. The Morgan fingerprint density at radius 1 is 1.40 bits per heavy atom. The van der Waals surface area contributed by atoms with Crippen LogP contribution in [0.25, 0.3) is 0 Å². The van der Waals surface area contributed by atoms with Gasteiger partial charge in [-0.1, -0.05) is 13.8 Å². The van der Waals surface area contributed by atoms with Gasteiger partial charge in [0.2, 0.25) is 0 Å². The van der Waals surface area contributed by atoms with Crippen molar-refractivity contribution in [3.8, 4) is 0 Å². The predicted molar refractivity (Wildman–Crippen MR) is 71.8 cm³/mol. The zero-order chi connectivity index (χ0) is 15.2. The van der Waals surface area contributed by atoms with E-state index in [1.54, 1.807) is 0 Å². The summed E-state index contributed by atoms with van der Waals surface area (Å²) in [4.78, 5) is 25.9. The molecule has 0 atom stereocenters. The average molecular weight is 282 g/mol. The molecule has 1 rings (SSSR count). The highest BCUT2D eigenvalue weighted by molar-refractivity contribution is 5.94. The Labute approximate surface area is 117 Å². The van der Waals surface area contributed by atoms with Crippen molar-refractivity contribution < 1.29 is 19.1 Å². The summed E-state index contributed by atoms with van der Waals surface area (Å²) in [6.07, 6.45) is 3.60. The van der Waals surface area contributed by atoms with Crippen molar-refractivity contribution in [3.63, 3.8) is 0 Å². The van der Waals surface area contributed by atoms with E-state index >= 15 is 0 Å². The van der Waals surface area contributed by atoms with Crippen LogP contribution >= 0.6 is 0 Å². The molecule has 0 fully saturated rings. The minimum absolute atomic E-state index is 0.0386. The molecular weight excluding hydrogens is 263 g/mol. The Kier molecular flexibility index (Phi) is 5.61. The fourth-order valence-corrected chi connectivity index (χ4v) is 1.74. The van der Waals surface area contributed by atoms with Crippen LogP contribution in [0.3, 0.4) is 0 Å². The summed E-state index contributed by atoms with van der Waals surface area (Å²) in [5.41, 5.74) is -0.231. The van der Waals surface area contributed by atoms with Crippen molar-refractivity contribution in [2.45, 2.75) is 33.1 Å². The molecule has 0 spiro atoms. The molecule has 0 bridgehead atoms. The molecule has 110 valence electrons. The monoisotopic (exact) mass is 282 g/mol. The first-order chi connectivity index (χ1) is 9.32. The maximum atomic E-state index is 13.3. The number of carboxylic acid groups (broad SMARTS) is 1. The molecule has 0 aliphatic heterocycles. The quantitative estimate of drug-likeness (QED) is 0.803. The molecule has 0 saturated heterocycles. The van der Waals surface area contributed by atoms with Crippen molar-refractivity contribution in [3.05, 3.63) is 29.8 Å². The Hall–Kier alpha value is -1.98. The zero-order valence-corrected chi connectivity index (χ0v) is 11.6. The summed E-state index contributed by atoms with van der Waals surface area (Å²) in [5.74, 6) is -1.98. The van der Waals surface area contributed by atoms with E-state index in [0.29, 0.717) is 19.4 Å². The number of carbonyl (C=O) groups excluding carboxylic acids is 1. The van der Waals surface area contributed by atoms with Crippen LogP contribution in [0.1, 0.15) is 43.5 Å². The maximum Gasteiger partial charge on any atom is 0.303 e. The first-order valence-electron chi connectivity index (χ1n) is 6.41. The van der Waals surface area contributed by atoms with Crippen LogP contribution in [0, 0.1) is 11.2 Å². The number of amides is 1. The van der Waals surface area contributed by atoms with Crippen LogP contribution in [0.5, 0.6) is 0 Å². The van der Waals surface area contributed by atoms with Crippen molar-refractivity contribution in [2.75, 3.05) is 6.54 Å². The number of pyridine rings is 1. The van der Waals surface area contributed by atoms with Gasteiger partial charge in [-0.15, -0.1) is 0 Å². The molecule has 0 unspecified atom stereocenters. The Balaban J connectivity index is 2.42. The number of carbonyl (C=O) groups is 2. The Bertz CT molecular complexity index is 489. The third kappa shape index (κ3) is 5.34. The Morgan fingerprint density at radius 2 is 2.10 bits per heavy atom. The number of carboxylic acids is 1. The first kappa shape index (κ1) is 16.1. The largest absolute Gasteiger partial charge is 0.481 e. The van der Waals surface area contributed by atoms with Gasteiger partial charge >= 0.3 is 5.97 Å². The molecule has 20 heavy (non-hydrogen) atoms. The summed E-state index contributed by atoms with van der Waals surface area (Å²) < 4.78 is 13.3. The lowest BCUT2D eigenvalue weighted by atomic mass is 9.84. The zero-order valence-electron chi connectivity index (χ0n) is 11.6. The van der Waals surface area contributed by atoms with Crippen molar-refractivity contribution >= 4 is 11.9 Å². The molecule has 0 aromatic carbocycles. The molecule has 0 saturated carbocycles. The number of aromatic nitrogens is 1. The molecule has 1 aromatic heterocycles. The third-order valence-corrected chi connectivity index (χ3v) is 3.12.